The Bertz CT molecular complexity index is 1030. The molecule has 3 heterocycles. The Hall–Kier alpha value is -2.81. The van der Waals surface area contributed by atoms with Gasteiger partial charge in [-0.2, -0.15) is 0 Å². The van der Waals surface area contributed by atoms with Crippen molar-refractivity contribution >= 4 is 11.6 Å². The topological polar surface area (TPSA) is 83.5 Å². The third-order valence-electron chi connectivity index (χ3n) is 8.10. The van der Waals surface area contributed by atoms with E-state index in [0.29, 0.717) is 11.9 Å². The molecule has 0 spiro atoms. The summed E-state index contributed by atoms with van der Waals surface area (Å²) in [4.78, 5) is 15.4. The van der Waals surface area contributed by atoms with Crippen LogP contribution in [0.3, 0.4) is 0 Å². The van der Waals surface area contributed by atoms with E-state index in [1.54, 1.807) is 14.2 Å². The van der Waals surface area contributed by atoms with Crippen LogP contribution in [0, 0.1) is 0 Å². The second kappa shape index (κ2) is 17.9. The highest BCUT2D eigenvalue weighted by Crippen LogP contribution is 2.32. The number of anilines is 1. The number of hydrogen-bond donors (Lipinski definition) is 2. The van der Waals surface area contributed by atoms with Gasteiger partial charge in [0.2, 0.25) is 5.91 Å². The number of carbonyl (C=O) groups excluding carboxylic acids is 1. The predicted molar refractivity (Wildman–Crippen MR) is 167 cm³/mol. The van der Waals surface area contributed by atoms with Crippen molar-refractivity contribution in [2.24, 2.45) is 0 Å². The molecule has 8 heteroatoms. The van der Waals surface area contributed by atoms with E-state index in [9.17, 15) is 4.79 Å². The zero-order valence-corrected chi connectivity index (χ0v) is 25.6. The lowest BCUT2D eigenvalue weighted by molar-refractivity contribution is -0.129. The highest BCUT2D eigenvalue weighted by atomic mass is 16.5. The summed E-state index contributed by atoms with van der Waals surface area (Å²) < 4.78 is 15.8. The van der Waals surface area contributed by atoms with Crippen LogP contribution in [0.15, 0.2) is 42.5 Å². The van der Waals surface area contributed by atoms with Crippen LogP contribution < -0.4 is 19.7 Å². The third kappa shape index (κ3) is 10.2. The quantitative estimate of drug-likeness (QED) is 0.399. The van der Waals surface area contributed by atoms with Crippen LogP contribution >= 0.6 is 0 Å². The number of carbonyl (C=O) groups is 1. The number of methoxy groups -OCH3 is 2. The molecule has 3 aliphatic rings. The summed E-state index contributed by atoms with van der Waals surface area (Å²) in [7, 11) is 3.43. The molecule has 2 fully saturated rings. The summed E-state index contributed by atoms with van der Waals surface area (Å²) in [5, 5.41) is 12.5. The van der Waals surface area contributed by atoms with Crippen LogP contribution in [-0.4, -0.2) is 82.1 Å². The van der Waals surface area contributed by atoms with Gasteiger partial charge in [0.1, 0.15) is 18.1 Å². The molecule has 2 aromatic carbocycles. The van der Waals surface area contributed by atoms with E-state index in [2.05, 4.69) is 48.3 Å². The van der Waals surface area contributed by atoms with Gasteiger partial charge in [0.15, 0.2) is 0 Å². The van der Waals surface area contributed by atoms with Crippen molar-refractivity contribution in [1.29, 1.82) is 0 Å². The predicted octanol–water partition coefficient (Wildman–Crippen LogP) is 5.23. The minimum absolute atomic E-state index is 0. The zero-order valence-electron chi connectivity index (χ0n) is 25.6. The fraction of sp³-hybridized carbons (Fsp3) is 0.606. The van der Waals surface area contributed by atoms with Crippen molar-refractivity contribution in [3.05, 3.63) is 53.6 Å². The maximum atomic E-state index is 11.1. The van der Waals surface area contributed by atoms with Gasteiger partial charge in [0.25, 0.3) is 0 Å². The van der Waals surface area contributed by atoms with Gasteiger partial charge in [-0.25, -0.2) is 0 Å². The van der Waals surface area contributed by atoms with Gasteiger partial charge in [0, 0.05) is 40.7 Å². The number of amides is 1. The van der Waals surface area contributed by atoms with E-state index in [1.165, 1.54) is 18.4 Å². The molecule has 1 atom stereocenters. The number of rotatable bonds is 9. The number of nitrogens with one attached hydrogen (secondary N) is 1. The summed E-state index contributed by atoms with van der Waals surface area (Å²) in [5.41, 5.74) is 3.46. The number of hydrogen-bond acceptors (Lipinski definition) is 7. The maximum absolute atomic E-state index is 11.1. The molecule has 0 radical (unpaired) electrons. The van der Waals surface area contributed by atoms with Crippen LogP contribution in [0.5, 0.6) is 11.5 Å². The van der Waals surface area contributed by atoms with Gasteiger partial charge in [0.05, 0.1) is 25.9 Å². The minimum atomic E-state index is 0. The second-order valence-electron chi connectivity index (χ2n) is 10.9. The number of fused-ring (bicyclic) bond motifs is 1. The summed E-state index contributed by atoms with van der Waals surface area (Å²) >= 11 is 0. The van der Waals surface area contributed by atoms with E-state index >= 15 is 0 Å². The first-order valence-corrected chi connectivity index (χ1v) is 15.2. The van der Waals surface area contributed by atoms with Gasteiger partial charge in [-0.05, 0) is 93.4 Å². The standard InChI is InChI=1S/C13H19NO3.C12H17NO.C8H15NO.H2/c1-16-7-2-5-14-6-8-17-13-4-3-11(10-15)9-12(13)14;1-14-12-4-2-10(3-5-12)11-6-8-13-9-7-11;1-3-7(2)9-6-4-5-8(9)10;/h3-4,9,15H,2,5-8,10H2,1H3;2-5,11,13H,6-9H2,1H3;7H,3-6H2,1-2H3;1H. The molecule has 2 N–H and O–H groups in total. The maximum Gasteiger partial charge on any atom is 0.222 e. The Labute approximate surface area is 248 Å². The Kier molecular flexibility index (Phi) is 14.3. The number of aliphatic hydroxyl groups excluding tert-OH is 1. The van der Waals surface area contributed by atoms with Gasteiger partial charge in [-0.3, -0.25) is 4.79 Å². The molecule has 0 saturated carbocycles. The number of nitrogens with zero attached hydrogens (tertiary/aromatic N) is 2. The van der Waals surface area contributed by atoms with Crippen LogP contribution in [-0.2, 0) is 16.1 Å². The van der Waals surface area contributed by atoms with Crippen LogP contribution in [0.25, 0.3) is 0 Å². The third-order valence-corrected chi connectivity index (χ3v) is 8.10. The highest BCUT2D eigenvalue weighted by molar-refractivity contribution is 5.78. The minimum Gasteiger partial charge on any atom is -0.497 e. The molecule has 2 aromatic rings. The molecule has 0 bridgehead atoms. The van der Waals surface area contributed by atoms with E-state index in [-0.39, 0.29) is 8.03 Å². The Balaban J connectivity index is 0.000000225. The van der Waals surface area contributed by atoms with Crippen molar-refractivity contribution < 1.29 is 25.5 Å². The van der Waals surface area contributed by atoms with E-state index < -0.39 is 0 Å². The Morgan fingerprint density at radius 1 is 1.12 bits per heavy atom. The first kappa shape index (κ1) is 32.7. The Morgan fingerprint density at radius 2 is 1.88 bits per heavy atom. The number of likely N-dealkylation sites (tertiary alicyclic amines) is 1. The fourth-order valence-electron chi connectivity index (χ4n) is 5.44. The van der Waals surface area contributed by atoms with Crippen molar-refractivity contribution in [2.75, 3.05) is 65.1 Å². The molecular formula is C33H53N3O5. The van der Waals surface area contributed by atoms with Gasteiger partial charge in [-0.15, -0.1) is 0 Å². The average Bonchev–Trinajstić information content (AvgIpc) is 3.47. The van der Waals surface area contributed by atoms with Gasteiger partial charge in [-0.1, -0.05) is 25.1 Å². The number of ether oxygens (including phenoxy) is 3. The van der Waals surface area contributed by atoms with Gasteiger partial charge < -0.3 is 34.4 Å². The number of aliphatic hydroxyl groups is 1. The molecule has 1 amide bonds. The lowest BCUT2D eigenvalue weighted by Gasteiger charge is -2.31. The van der Waals surface area contributed by atoms with Crippen LogP contribution in [0.2, 0.25) is 0 Å². The van der Waals surface area contributed by atoms with Gasteiger partial charge >= 0.3 is 0 Å². The van der Waals surface area contributed by atoms with E-state index in [0.717, 1.165) is 100 Å². The average molecular weight is 572 g/mol. The number of piperidine rings is 1. The van der Waals surface area contributed by atoms with Crippen molar-refractivity contribution in [3.63, 3.8) is 0 Å². The van der Waals surface area contributed by atoms with Crippen LogP contribution in [0.1, 0.15) is 70.8 Å². The molecule has 230 valence electrons. The molecule has 0 aromatic heterocycles. The second-order valence-corrected chi connectivity index (χ2v) is 10.9. The molecule has 5 rings (SSSR count). The molecule has 41 heavy (non-hydrogen) atoms. The summed E-state index contributed by atoms with van der Waals surface area (Å²) in [6, 6.07) is 14.8. The highest BCUT2D eigenvalue weighted by Gasteiger charge is 2.23. The van der Waals surface area contributed by atoms with Crippen molar-refractivity contribution in [2.45, 2.75) is 70.9 Å². The first-order chi connectivity index (χ1) is 20.0. The molecular weight excluding hydrogens is 518 g/mol. The fourth-order valence-corrected chi connectivity index (χ4v) is 5.44. The lowest BCUT2D eigenvalue weighted by Crippen LogP contribution is -2.34. The van der Waals surface area contributed by atoms with E-state index in [1.807, 2.05) is 23.1 Å². The lowest BCUT2D eigenvalue weighted by atomic mass is 9.90. The molecule has 2 saturated heterocycles. The van der Waals surface area contributed by atoms with E-state index in [4.69, 9.17) is 19.3 Å². The van der Waals surface area contributed by atoms with Crippen LogP contribution in [0.4, 0.5) is 5.69 Å². The van der Waals surface area contributed by atoms with Crippen molar-refractivity contribution in [1.82, 2.24) is 10.2 Å². The summed E-state index contributed by atoms with van der Waals surface area (Å²) in [6.45, 7) is 10.9. The largest absolute Gasteiger partial charge is 0.497 e. The molecule has 3 aliphatic heterocycles. The summed E-state index contributed by atoms with van der Waals surface area (Å²) in [6.07, 6.45) is 6.41. The van der Waals surface area contributed by atoms with Crippen molar-refractivity contribution in [3.8, 4) is 11.5 Å². The molecule has 8 nitrogen and oxygen atoms in total. The Morgan fingerprint density at radius 3 is 2.49 bits per heavy atom. The smallest absolute Gasteiger partial charge is 0.222 e. The molecule has 1 unspecified atom stereocenters. The first-order valence-electron chi connectivity index (χ1n) is 15.2. The normalized spacial score (nSPS) is 17.4. The SMILES string of the molecule is CCC(C)N1CCCC1=O.COCCCN1CCOc2ccc(CO)cc21.COc1ccc(C2CCNCC2)cc1.[HH]. The zero-order chi connectivity index (χ0) is 29.5. The number of benzene rings is 2. The monoisotopic (exact) mass is 571 g/mol. The summed E-state index contributed by atoms with van der Waals surface area (Å²) in [5.74, 6) is 2.94. The molecule has 0 aliphatic carbocycles.